The Kier molecular flexibility index (Phi) is 2.23. The van der Waals surface area contributed by atoms with Crippen LogP contribution in [0.3, 0.4) is 0 Å². The molecule has 12 heavy (non-hydrogen) atoms. The molecular weight excluding hydrogens is 168 g/mol. The Bertz CT molecular complexity index is 317. The highest BCUT2D eigenvalue weighted by molar-refractivity contribution is 8.14. The number of amidine groups is 1. The smallest absolute Gasteiger partial charge is 0.188 e. The average Bonchev–Trinajstić information content (AvgIpc) is 2.59. The molecular formula is C9H8N2S. The van der Waals surface area contributed by atoms with Crippen molar-refractivity contribution in [3.05, 3.63) is 30.3 Å². The molecule has 0 amide bonds. The number of para-hydroxylation sites is 1. The fraction of sp³-hybridized carbons (Fsp3) is 0.111. The zero-order chi connectivity index (χ0) is 8.23. The lowest BCUT2D eigenvalue weighted by molar-refractivity contribution is 1.51. The van der Waals surface area contributed by atoms with Crippen molar-refractivity contribution in [1.82, 2.24) is 0 Å². The molecule has 3 heteroatoms. The zero-order valence-electron chi connectivity index (χ0n) is 6.47. The van der Waals surface area contributed by atoms with E-state index < -0.39 is 0 Å². The molecule has 60 valence electrons. The summed E-state index contributed by atoms with van der Waals surface area (Å²) in [6.45, 7) is 0. The summed E-state index contributed by atoms with van der Waals surface area (Å²) in [5.41, 5.74) is 0.971. The van der Waals surface area contributed by atoms with Gasteiger partial charge in [-0.2, -0.15) is 0 Å². The van der Waals surface area contributed by atoms with Crippen LogP contribution in [0.5, 0.6) is 0 Å². The largest absolute Gasteiger partial charge is 0.235 e. The van der Waals surface area contributed by atoms with E-state index in [9.17, 15) is 0 Å². The molecule has 2 rings (SSSR count). The molecule has 2 nitrogen and oxygen atoms in total. The minimum Gasteiger partial charge on any atom is -0.235 e. The van der Waals surface area contributed by atoms with E-state index in [0.717, 1.165) is 16.6 Å². The first-order chi connectivity index (χ1) is 5.95. The van der Waals surface area contributed by atoms with Crippen LogP contribution < -0.4 is 0 Å². The fourth-order valence-electron chi connectivity index (χ4n) is 0.939. The van der Waals surface area contributed by atoms with Gasteiger partial charge in [-0.25, -0.2) is 9.98 Å². The summed E-state index contributed by atoms with van der Waals surface area (Å²) in [6, 6.07) is 9.88. The molecule has 1 aliphatic rings. The second kappa shape index (κ2) is 3.54. The van der Waals surface area contributed by atoms with E-state index >= 15 is 0 Å². The molecule has 1 aromatic rings. The predicted octanol–water partition coefficient (Wildman–Crippen LogP) is 2.49. The number of benzene rings is 1. The number of rotatable bonds is 1. The Hall–Kier alpha value is -1.09. The van der Waals surface area contributed by atoms with E-state index in [4.69, 9.17) is 0 Å². The van der Waals surface area contributed by atoms with Crippen LogP contribution in [0.4, 0.5) is 5.69 Å². The summed E-state index contributed by atoms with van der Waals surface area (Å²) in [5, 5.41) is 0.862. The normalized spacial score (nSPS) is 18.8. The van der Waals surface area contributed by atoms with Crippen LogP contribution in [-0.2, 0) is 0 Å². The van der Waals surface area contributed by atoms with Crippen LogP contribution in [0.15, 0.2) is 40.3 Å². The van der Waals surface area contributed by atoms with Gasteiger partial charge in [-0.15, -0.1) is 0 Å². The topological polar surface area (TPSA) is 24.7 Å². The van der Waals surface area contributed by atoms with Crippen LogP contribution in [0.1, 0.15) is 0 Å². The van der Waals surface area contributed by atoms with Crippen molar-refractivity contribution >= 4 is 28.8 Å². The summed E-state index contributed by atoms with van der Waals surface area (Å²) in [4.78, 5) is 8.46. The van der Waals surface area contributed by atoms with Gasteiger partial charge in [0.1, 0.15) is 0 Å². The van der Waals surface area contributed by atoms with Gasteiger partial charge in [-0.3, -0.25) is 0 Å². The number of aliphatic imine (C=N–C) groups is 2. The van der Waals surface area contributed by atoms with Crippen LogP contribution in [0, 0.1) is 0 Å². The number of hydrogen-bond donors (Lipinski definition) is 0. The molecule has 0 atom stereocenters. The first-order valence-corrected chi connectivity index (χ1v) is 4.73. The van der Waals surface area contributed by atoms with Crippen molar-refractivity contribution in [2.24, 2.45) is 9.98 Å². The van der Waals surface area contributed by atoms with E-state index in [2.05, 4.69) is 9.98 Å². The fourth-order valence-corrected chi connectivity index (χ4v) is 1.56. The summed E-state index contributed by atoms with van der Waals surface area (Å²) in [5.74, 6) is 0.950. The molecule has 0 unspecified atom stereocenters. The number of hydrogen-bond acceptors (Lipinski definition) is 2. The minimum atomic E-state index is 0.862. The highest BCUT2D eigenvalue weighted by Crippen LogP contribution is 2.17. The summed E-state index contributed by atoms with van der Waals surface area (Å²) in [7, 11) is 0. The molecule has 0 aromatic heterocycles. The maximum absolute atomic E-state index is 4.34. The van der Waals surface area contributed by atoms with Gasteiger partial charge >= 0.3 is 0 Å². The van der Waals surface area contributed by atoms with E-state index in [1.165, 1.54) is 0 Å². The first kappa shape index (κ1) is 7.55. The number of nitrogens with zero attached hydrogens (tertiary/aromatic N) is 2. The summed E-state index contributed by atoms with van der Waals surface area (Å²) < 4.78 is 0. The van der Waals surface area contributed by atoms with Crippen molar-refractivity contribution < 1.29 is 0 Å². The Morgan fingerprint density at radius 1 is 1.25 bits per heavy atom. The van der Waals surface area contributed by atoms with Gasteiger partial charge in [0.2, 0.25) is 0 Å². The van der Waals surface area contributed by atoms with Crippen molar-refractivity contribution in [1.29, 1.82) is 0 Å². The average molecular weight is 176 g/mol. The third-order valence-electron chi connectivity index (χ3n) is 1.47. The van der Waals surface area contributed by atoms with Crippen LogP contribution in [0.25, 0.3) is 0 Å². The van der Waals surface area contributed by atoms with E-state index in [0.29, 0.717) is 0 Å². The molecule has 0 saturated heterocycles. The number of thioether (sulfide) groups is 1. The third kappa shape index (κ3) is 1.74. The second-order valence-corrected chi connectivity index (χ2v) is 3.34. The van der Waals surface area contributed by atoms with Crippen LogP contribution in [0.2, 0.25) is 0 Å². The quantitative estimate of drug-likeness (QED) is 0.645. The van der Waals surface area contributed by atoms with Crippen LogP contribution in [-0.4, -0.2) is 17.1 Å². The highest BCUT2D eigenvalue weighted by atomic mass is 32.2. The Morgan fingerprint density at radius 3 is 2.75 bits per heavy atom. The molecule has 0 fully saturated rings. The van der Waals surface area contributed by atoms with Gasteiger partial charge in [0.15, 0.2) is 5.17 Å². The molecule has 0 saturated carbocycles. The van der Waals surface area contributed by atoms with Crippen molar-refractivity contribution in [2.75, 3.05) is 5.75 Å². The van der Waals surface area contributed by atoms with E-state index in [1.807, 2.05) is 36.5 Å². The molecule has 1 aliphatic heterocycles. The van der Waals surface area contributed by atoms with Gasteiger partial charge in [0.05, 0.1) is 5.69 Å². The van der Waals surface area contributed by atoms with Crippen molar-refractivity contribution in [3.8, 4) is 0 Å². The second-order valence-electron chi connectivity index (χ2n) is 2.35. The zero-order valence-corrected chi connectivity index (χ0v) is 7.29. The Morgan fingerprint density at radius 2 is 2.08 bits per heavy atom. The maximum Gasteiger partial charge on any atom is 0.188 e. The molecule has 1 heterocycles. The molecule has 0 spiro atoms. The summed E-state index contributed by atoms with van der Waals surface area (Å²) >= 11 is 1.66. The van der Waals surface area contributed by atoms with Gasteiger partial charge in [0.25, 0.3) is 0 Å². The van der Waals surface area contributed by atoms with Crippen molar-refractivity contribution in [2.45, 2.75) is 0 Å². The van der Waals surface area contributed by atoms with E-state index in [1.54, 1.807) is 11.8 Å². The Balaban J connectivity index is 2.22. The van der Waals surface area contributed by atoms with Gasteiger partial charge in [-0.05, 0) is 12.1 Å². The standard InChI is InChI=1S/C9H8N2S/c1-2-4-8(5-3-1)11-9-10-6-7-12-9/h1-6H,7H2. The molecule has 0 bridgehead atoms. The van der Waals surface area contributed by atoms with Gasteiger partial charge in [0, 0.05) is 12.0 Å². The minimum absolute atomic E-state index is 0.862. The lowest BCUT2D eigenvalue weighted by Crippen LogP contribution is -1.77. The van der Waals surface area contributed by atoms with E-state index in [-0.39, 0.29) is 0 Å². The highest BCUT2D eigenvalue weighted by Gasteiger charge is 2.02. The maximum atomic E-state index is 4.34. The third-order valence-corrected chi connectivity index (χ3v) is 2.24. The van der Waals surface area contributed by atoms with Crippen molar-refractivity contribution in [3.63, 3.8) is 0 Å². The molecule has 0 aliphatic carbocycles. The lowest BCUT2D eigenvalue weighted by Gasteiger charge is -1.92. The Labute approximate surface area is 75.4 Å². The van der Waals surface area contributed by atoms with Gasteiger partial charge in [-0.1, -0.05) is 30.0 Å². The first-order valence-electron chi connectivity index (χ1n) is 3.74. The SMILES string of the molecule is C1=NC(=Nc2ccccc2)SC1. The van der Waals surface area contributed by atoms with Gasteiger partial charge < -0.3 is 0 Å². The molecule has 0 N–H and O–H groups in total. The molecule has 0 radical (unpaired) electrons. The van der Waals surface area contributed by atoms with Crippen LogP contribution >= 0.6 is 11.8 Å². The summed E-state index contributed by atoms with van der Waals surface area (Å²) in [6.07, 6.45) is 1.88. The lowest BCUT2D eigenvalue weighted by atomic mass is 10.3. The monoisotopic (exact) mass is 176 g/mol. The molecule has 1 aromatic carbocycles. The predicted molar refractivity (Wildman–Crippen MR) is 54.5 cm³/mol.